The lowest BCUT2D eigenvalue weighted by molar-refractivity contribution is -0.174. The Labute approximate surface area is 109 Å². The maximum Gasteiger partial charge on any atom is 0.322 e. The third kappa shape index (κ3) is 1.18. The van der Waals surface area contributed by atoms with Crippen molar-refractivity contribution in [3.8, 4) is 0 Å². The summed E-state index contributed by atoms with van der Waals surface area (Å²) in [5.41, 5.74) is -3.85. The molecule has 0 radical (unpaired) electrons. The van der Waals surface area contributed by atoms with Crippen LogP contribution in [0.2, 0.25) is 0 Å². The number of urea groups is 1. The van der Waals surface area contributed by atoms with E-state index in [0.717, 1.165) is 4.90 Å². The van der Waals surface area contributed by atoms with Gasteiger partial charge in [0.05, 0.1) is 0 Å². The van der Waals surface area contributed by atoms with E-state index >= 15 is 0 Å². The number of nitrogens with zero attached hydrogens (tertiary/aromatic N) is 1. The molecule has 1 aromatic rings. The molecule has 0 aromatic heterocycles. The molecule has 1 saturated heterocycles. The highest BCUT2D eigenvalue weighted by Crippen LogP contribution is 2.48. The van der Waals surface area contributed by atoms with E-state index in [0.29, 0.717) is 6.42 Å². The number of hydrogen-bond donors (Lipinski definition) is 3. The maximum absolute atomic E-state index is 12.2. The number of nitrogens with one attached hydrogen (secondary N) is 1. The van der Waals surface area contributed by atoms with Crippen LogP contribution in [0.1, 0.15) is 29.3 Å². The topological polar surface area (TPSA) is 89.9 Å². The van der Waals surface area contributed by atoms with Gasteiger partial charge < -0.3 is 10.2 Å². The number of fused-ring (bicyclic) bond motifs is 3. The summed E-state index contributed by atoms with van der Waals surface area (Å²) >= 11 is 0. The normalized spacial score (nSPS) is 32.3. The molecule has 100 valence electrons. The van der Waals surface area contributed by atoms with E-state index in [2.05, 4.69) is 5.32 Å². The lowest BCUT2D eigenvalue weighted by Crippen LogP contribution is -2.59. The van der Waals surface area contributed by atoms with Crippen molar-refractivity contribution in [3.05, 3.63) is 35.4 Å². The van der Waals surface area contributed by atoms with Crippen molar-refractivity contribution < 1.29 is 19.8 Å². The molecule has 0 unspecified atom stereocenters. The Morgan fingerprint density at radius 3 is 2.63 bits per heavy atom. The second-order valence-corrected chi connectivity index (χ2v) is 4.84. The van der Waals surface area contributed by atoms with E-state index < -0.39 is 23.3 Å². The molecular formula is C13H14N2O4. The molecule has 1 heterocycles. The zero-order chi connectivity index (χ0) is 13.8. The molecule has 1 fully saturated rings. The summed E-state index contributed by atoms with van der Waals surface area (Å²) < 4.78 is 0. The Balaban J connectivity index is 2.25. The molecular weight excluding hydrogens is 248 g/mol. The number of aliphatic hydroxyl groups is 2. The van der Waals surface area contributed by atoms with Crippen LogP contribution in [0.5, 0.6) is 0 Å². The van der Waals surface area contributed by atoms with Crippen LogP contribution in [0.25, 0.3) is 0 Å². The van der Waals surface area contributed by atoms with E-state index in [9.17, 15) is 19.8 Å². The molecule has 0 saturated carbocycles. The lowest BCUT2D eigenvalue weighted by atomic mass is 9.99. The Morgan fingerprint density at radius 1 is 1.26 bits per heavy atom. The molecule has 6 nitrogen and oxygen atoms in total. The lowest BCUT2D eigenvalue weighted by Gasteiger charge is -2.34. The van der Waals surface area contributed by atoms with Crippen molar-refractivity contribution in [1.29, 1.82) is 0 Å². The van der Waals surface area contributed by atoms with Crippen LogP contribution < -0.4 is 5.32 Å². The minimum absolute atomic E-state index is 0.230. The summed E-state index contributed by atoms with van der Waals surface area (Å²) in [5, 5.41) is 23.5. The van der Waals surface area contributed by atoms with Gasteiger partial charge in [0, 0.05) is 17.7 Å². The molecule has 1 aliphatic carbocycles. The molecule has 2 aliphatic rings. The summed E-state index contributed by atoms with van der Waals surface area (Å²) in [6.45, 7) is 2.09. The monoisotopic (exact) mass is 262 g/mol. The number of carbonyl (C=O) groups is 2. The Bertz CT molecular complexity index is 588. The first kappa shape index (κ1) is 12.1. The average Bonchev–Trinajstić information content (AvgIpc) is 2.69. The SMILES string of the molecule is CCCN1C(=O)N[C@@]2(O)C(=O)c3ccccc3[C@@]12O. The summed E-state index contributed by atoms with van der Waals surface area (Å²) in [6.07, 6.45) is 0.599. The van der Waals surface area contributed by atoms with Gasteiger partial charge in [0.1, 0.15) is 0 Å². The van der Waals surface area contributed by atoms with Crippen LogP contribution in [-0.4, -0.2) is 39.2 Å². The Hall–Kier alpha value is -1.92. The van der Waals surface area contributed by atoms with E-state index in [4.69, 9.17) is 0 Å². The second-order valence-electron chi connectivity index (χ2n) is 4.84. The molecule has 19 heavy (non-hydrogen) atoms. The van der Waals surface area contributed by atoms with E-state index in [1.165, 1.54) is 6.07 Å². The maximum atomic E-state index is 12.2. The fourth-order valence-corrected chi connectivity index (χ4v) is 2.87. The van der Waals surface area contributed by atoms with Gasteiger partial charge in [-0.2, -0.15) is 0 Å². The molecule has 3 N–H and O–H groups in total. The zero-order valence-electron chi connectivity index (χ0n) is 10.4. The van der Waals surface area contributed by atoms with Gasteiger partial charge in [-0.1, -0.05) is 31.2 Å². The fraction of sp³-hybridized carbons (Fsp3) is 0.385. The van der Waals surface area contributed by atoms with Gasteiger partial charge in [-0.3, -0.25) is 15.0 Å². The van der Waals surface area contributed by atoms with Crippen molar-refractivity contribution in [1.82, 2.24) is 10.2 Å². The molecule has 1 aromatic carbocycles. The second kappa shape index (κ2) is 3.55. The number of hydrogen-bond acceptors (Lipinski definition) is 4. The number of amides is 2. The van der Waals surface area contributed by atoms with Crippen LogP contribution in [-0.2, 0) is 5.72 Å². The first-order valence-electron chi connectivity index (χ1n) is 6.15. The van der Waals surface area contributed by atoms with Crippen LogP contribution >= 0.6 is 0 Å². The number of carbonyl (C=O) groups excluding carboxylic acids is 2. The highest BCUT2D eigenvalue weighted by molar-refractivity contribution is 6.11. The summed E-state index contributed by atoms with van der Waals surface area (Å²) in [4.78, 5) is 25.2. The minimum Gasteiger partial charge on any atom is -0.362 e. The van der Waals surface area contributed by atoms with Gasteiger partial charge in [-0.15, -0.1) is 0 Å². The van der Waals surface area contributed by atoms with Crippen LogP contribution in [0.15, 0.2) is 24.3 Å². The standard InChI is InChI=1S/C13H14N2O4/c1-2-7-15-11(17)14-12(18)10(16)8-5-3-4-6-9(8)13(12,15)19/h3-6,18-19H,2,7H2,1H3,(H,14,17)/t12-,13+/m1/s1. The van der Waals surface area contributed by atoms with Crippen molar-refractivity contribution in [2.24, 2.45) is 0 Å². The van der Waals surface area contributed by atoms with Crippen molar-refractivity contribution >= 4 is 11.8 Å². The van der Waals surface area contributed by atoms with Crippen LogP contribution in [0.3, 0.4) is 0 Å². The van der Waals surface area contributed by atoms with Gasteiger partial charge in [0.15, 0.2) is 0 Å². The first-order chi connectivity index (χ1) is 8.96. The van der Waals surface area contributed by atoms with Crippen LogP contribution in [0.4, 0.5) is 4.79 Å². The Kier molecular flexibility index (Phi) is 2.27. The molecule has 2 atom stereocenters. The van der Waals surface area contributed by atoms with Crippen LogP contribution in [0, 0.1) is 0 Å². The molecule has 0 bridgehead atoms. The highest BCUT2D eigenvalue weighted by atomic mass is 16.4. The fourth-order valence-electron chi connectivity index (χ4n) is 2.87. The van der Waals surface area contributed by atoms with Crippen molar-refractivity contribution in [2.45, 2.75) is 24.8 Å². The molecule has 1 aliphatic heterocycles. The zero-order valence-corrected chi connectivity index (χ0v) is 10.4. The van der Waals surface area contributed by atoms with Crippen molar-refractivity contribution in [3.63, 3.8) is 0 Å². The van der Waals surface area contributed by atoms with Crippen molar-refractivity contribution in [2.75, 3.05) is 6.54 Å². The smallest absolute Gasteiger partial charge is 0.322 e. The Morgan fingerprint density at radius 2 is 1.95 bits per heavy atom. The quantitative estimate of drug-likeness (QED) is 0.707. The van der Waals surface area contributed by atoms with Gasteiger partial charge in [0.2, 0.25) is 11.5 Å². The third-order valence-electron chi connectivity index (χ3n) is 3.75. The largest absolute Gasteiger partial charge is 0.362 e. The molecule has 6 heteroatoms. The minimum atomic E-state index is -2.30. The molecule has 0 spiro atoms. The van der Waals surface area contributed by atoms with E-state index in [-0.39, 0.29) is 17.7 Å². The number of benzene rings is 1. The average molecular weight is 262 g/mol. The number of rotatable bonds is 2. The summed E-state index contributed by atoms with van der Waals surface area (Å²) in [7, 11) is 0. The van der Waals surface area contributed by atoms with Gasteiger partial charge in [0.25, 0.3) is 5.72 Å². The highest BCUT2D eigenvalue weighted by Gasteiger charge is 2.71. The van der Waals surface area contributed by atoms with E-state index in [1.807, 2.05) is 6.92 Å². The van der Waals surface area contributed by atoms with Gasteiger partial charge in [-0.25, -0.2) is 4.79 Å². The third-order valence-corrected chi connectivity index (χ3v) is 3.75. The van der Waals surface area contributed by atoms with Gasteiger partial charge in [-0.05, 0) is 6.42 Å². The molecule has 2 amide bonds. The predicted molar refractivity (Wildman–Crippen MR) is 65.1 cm³/mol. The van der Waals surface area contributed by atoms with E-state index in [1.54, 1.807) is 18.2 Å². The predicted octanol–water partition coefficient (Wildman–Crippen LogP) is 0.152. The summed E-state index contributed by atoms with van der Waals surface area (Å²) in [5.74, 6) is -0.683. The number of ketones is 1. The first-order valence-corrected chi connectivity index (χ1v) is 6.15. The number of Topliss-reactive ketones (excluding diaryl/α,β-unsaturated/α-hetero) is 1. The molecule has 3 rings (SSSR count). The van der Waals surface area contributed by atoms with Gasteiger partial charge >= 0.3 is 6.03 Å². The summed E-state index contributed by atoms with van der Waals surface area (Å²) in [6, 6.07) is 5.74.